The summed E-state index contributed by atoms with van der Waals surface area (Å²) in [5, 5.41) is 0. The third-order valence-corrected chi connectivity index (χ3v) is 5.40. The molecule has 0 saturated heterocycles. The van der Waals surface area contributed by atoms with Crippen LogP contribution in [0.2, 0.25) is 26.2 Å². The van der Waals surface area contributed by atoms with Crippen molar-refractivity contribution in [2.75, 3.05) is 13.2 Å². The topological polar surface area (TPSA) is 18.5 Å². The summed E-state index contributed by atoms with van der Waals surface area (Å²) >= 11 is 0. The Morgan fingerprint density at radius 1 is 0.786 bits per heavy atom. The van der Waals surface area contributed by atoms with E-state index in [0.29, 0.717) is 0 Å². The van der Waals surface area contributed by atoms with Gasteiger partial charge in [-0.3, -0.25) is 0 Å². The molecule has 4 heteroatoms. The number of hydrogen-bond donors (Lipinski definition) is 0. The zero-order chi connectivity index (χ0) is 11.2. The Kier molecular flexibility index (Phi) is 5.68. The first-order chi connectivity index (χ1) is 6.33. The van der Waals surface area contributed by atoms with Crippen molar-refractivity contribution in [3.8, 4) is 11.1 Å². The molecule has 0 atom stereocenters. The van der Waals surface area contributed by atoms with Crippen molar-refractivity contribution in [3.63, 3.8) is 0 Å². The van der Waals surface area contributed by atoms with Gasteiger partial charge in [0, 0.05) is 13.2 Å². The maximum absolute atomic E-state index is 5.63. The van der Waals surface area contributed by atoms with Gasteiger partial charge in [-0.2, -0.15) is 0 Å². The van der Waals surface area contributed by atoms with Crippen molar-refractivity contribution >= 4 is 16.6 Å². The fraction of sp³-hybridized carbons (Fsp3) is 0.800. The van der Waals surface area contributed by atoms with E-state index in [9.17, 15) is 0 Å². The van der Waals surface area contributed by atoms with E-state index < -0.39 is 16.6 Å². The van der Waals surface area contributed by atoms with Crippen LogP contribution in [0.5, 0.6) is 0 Å². The van der Waals surface area contributed by atoms with Crippen LogP contribution in [-0.2, 0) is 8.85 Å². The molecule has 0 saturated carbocycles. The van der Waals surface area contributed by atoms with Crippen LogP contribution in [0.3, 0.4) is 0 Å². The Balaban J connectivity index is 4.39. The molecule has 14 heavy (non-hydrogen) atoms. The monoisotopic (exact) mass is 230 g/mol. The Morgan fingerprint density at radius 2 is 1.07 bits per heavy atom. The highest BCUT2D eigenvalue weighted by Crippen LogP contribution is 2.05. The maximum atomic E-state index is 5.63. The second kappa shape index (κ2) is 5.71. The number of hydrogen-bond acceptors (Lipinski definition) is 2. The summed E-state index contributed by atoms with van der Waals surface area (Å²) in [6, 6.07) is 0. The molecule has 0 aliphatic rings. The molecule has 0 radical (unpaired) electrons. The summed E-state index contributed by atoms with van der Waals surface area (Å²) in [4.78, 5) is 0. The van der Waals surface area contributed by atoms with Gasteiger partial charge in [-0.1, -0.05) is 0 Å². The molecule has 0 rings (SSSR count). The molecule has 0 heterocycles. The van der Waals surface area contributed by atoms with Crippen molar-refractivity contribution < 1.29 is 8.85 Å². The second-order valence-electron chi connectivity index (χ2n) is 4.14. The quantitative estimate of drug-likeness (QED) is 0.546. The average molecular weight is 230 g/mol. The lowest BCUT2D eigenvalue weighted by molar-refractivity contribution is 0.337. The minimum atomic E-state index is -1.75. The van der Waals surface area contributed by atoms with Gasteiger partial charge in [0.15, 0.2) is 0 Å². The third-order valence-electron chi connectivity index (χ3n) is 1.67. The first-order valence-electron chi connectivity index (χ1n) is 5.15. The van der Waals surface area contributed by atoms with E-state index in [1.807, 2.05) is 13.8 Å². The highest BCUT2D eigenvalue weighted by Gasteiger charge is 2.22. The smallest absolute Gasteiger partial charge is 0.265 e. The van der Waals surface area contributed by atoms with Gasteiger partial charge in [-0.05, 0) is 40.0 Å². The van der Waals surface area contributed by atoms with Gasteiger partial charge in [-0.15, -0.1) is 11.1 Å². The summed E-state index contributed by atoms with van der Waals surface area (Å²) in [5.74, 6) is 0. The molecule has 0 bridgehead atoms. The summed E-state index contributed by atoms with van der Waals surface area (Å²) in [5.41, 5.74) is 6.58. The van der Waals surface area contributed by atoms with Gasteiger partial charge in [0.2, 0.25) is 0 Å². The van der Waals surface area contributed by atoms with Crippen LogP contribution < -0.4 is 0 Å². The lowest BCUT2D eigenvalue weighted by Crippen LogP contribution is -2.33. The Bertz CT molecular complexity index is 204. The Labute approximate surface area is 90.3 Å². The zero-order valence-corrected chi connectivity index (χ0v) is 12.2. The molecule has 0 aromatic rings. The molecule has 0 aromatic carbocycles. The van der Waals surface area contributed by atoms with Crippen molar-refractivity contribution in [3.05, 3.63) is 0 Å². The first kappa shape index (κ1) is 13.9. The standard InChI is InChI=1S/C10H22O2Si2/c1-7-11-13(3,4)9-10-14(5,6)12-8-2/h7-8H2,1-6H3. The largest absolute Gasteiger partial charge is 0.406 e. The van der Waals surface area contributed by atoms with Gasteiger partial charge in [0.1, 0.15) is 0 Å². The van der Waals surface area contributed by atoms with Gasteiger partial charge < -0.3 is 8.85 Å². The SMILES string of the molecule is CCO[Si](C)(C)C#C[Si](C)(C)OCC. The van der Waals surface area contributed by atoms with E-state index in [4.69, 9.17) is 8.85 Å². The summed E-state index contributed by atoms with van der Waals surface area (Å²) in [6.07, 6.45) is 0. The van der Waals surface area contributed by atoms with Crippen molar-refractivity contribution in [2.45, 2.75) is 40.0 Å². The van der Waals surface area contributed by atoms with E-state index in [1.54, 1.807) is 0 Å². The van der Waals surface area contributed by atoms with Crippen LogP contribution in [-0.4, -0.2) is 29.8 Å². The molecule has 0 aliphatic carbocycles. The van der Waals surface area contributed by atoms with Gasteiger partial charge in [-0.25, -0.2) is 0 Å². The van der Waals surface area contributed by atoms with Crippen LogP contribution >= 0.6 is 0 Å². The van der Waals surface area contributed by atoms with E-state index in [1.165, 1.54) is 0 Å². The second-order valence-corrected chi connectivity index (χ2v) is 11.3. The van der Waals surface area contributed by atoms with Crippen molar-refractivity contribution in [1.29, 1.82) is 0 Å². The van der Waals surface area contributed by atoms with E-state index in [-0.39, 0.29) is 0 Å². The fourth-order valence-corrected chi connectivity index (χ4v) is 5.09. The third kappa shape index (κ3) is 6.38. The zero-order valence-electron chi connectivity index (χ0n) is 10.2. The molecular weight excluding hydrogens is 208 g/mol. The molecule has 0 aliphatic heterocycles. The minimum absolute atomic E-state index is 0.754. The lowest BCUT2D eigenvalue weighted by atomic mass is 10.9. The van der Waals surface area contributed by atoms with Crippen molar-refractivity contribution in [1.82, 2.24) is 0 Å². The van der Waals surface area contributed by atoms with E-state index in [0.717, 1.165) is 13.2 Å². The number of rotatable bonds is 4. The van der Waals surface area contributed by atoms with Crippen LogP contribution in [0.15, 0.2) is 0 Å². The average Bonchev–Trinajstić information content (AvgIpc) is 2.01. The molecule has 0 unspecified atom stereocenters. The highest BCUT2D eigenvalue weighted by atomic mass is 28.4. The maximum Gasteiger partial charge on any atom is 0.265 e. The predicted molar refractivity (Wildman–Crippen MR) is 66.0 cm³/mol. The summed E-state index contributed by atoms with van der Waals surface area (Å²) in [6.45, 7) is 14.0. The molecule has 0 fully saturated rings. The van der Waals surface area contributed by atoms with Gasteiger partial charge >= 0.3 is 0 Å². The van der Waals surface area contributed by atoms with Crippen LogP contribution in [0.1, 0.15) is 13.8 Å². The van der Waals surface area contributed by atoms with Crippen LogP contribution in [0.4, 0.5) is 0 Å². The molecule has 0 N–H and O–H groups in total. The van der Waals surface area contributed by atoms with Gasteiger partial charge in [0.05, 0.1) is 0 Å². The van der Waals surface area contributed by atoms with Crippen LogP contribution in [0, 0.1) is 11.1 Å². The fourth-order valence-electron chi connectivity index (χ4n) is 1.09. The van der Waals surface area contributed by atoms with E-state index in [2.05, 4.69) is 37.3 Å². The summed E-state index contributed by atoms with van der Waals surface area (Å²) < 4.78 is 11.3. The molecule has 0 spiro atoms. The van der Waals surface area contributed by atoms with E-state index >= 15 is 0 Å². The molecule has 2 nitrogen and oxygen atoms in total. The van der Waals surface area contributed by atoms with Gasteiger partial charge in [0.25, 0.3) is 16.6 Å². The molecular formula is C10H22O2Si2. The van der Waals surface area contributed by atoms with Crippen LogP contribution in [0.25, 0.3) is 0 Å². The molecule has 0 aromatic heterocycles. The minimum Gasteiger partial charge on any atom is -0.406 e. The Hall–Kier alpha value is -0.0862. The molecule has 82 valence electrons. The molecule has 0 amide bonds. The highest BCUT2D eigenvalue weighted by molar-refractivity contribution is 6.84. The predicted octanol–water partition coefficient (Wildman–Crippen LogP) is 2.55. The first-order valence-corrected chi connectivity index (χ1v) is 11.0. The Morgan fingerprint density at radius 3 is 1.29 bits per heavy atom. The lowest BCUT2D eigenvalue weighted by Gasteiger charge is -2.17. The summed E-state index contributed by atoms with van der Waals surface area (Å²) in [7, 11) is -3.50. The van der Waals surface area contributed by atoms with Crippen molar-refractivity contribution in [2.24, 2.45) is 0 Å². The normalized spacial score (nSPS) is 12.1.